The fraction of sp³-hybridized carbons (Fsp3) is 0.545. The topological polar surface area (TPSA) is 33.1 Å². The quantitative estimate of drug-likeness (QED) is 0.717. The summed E-state index contributed by atoms with van der Waals surface area (Å²) in [7, 11) is 0. The van der Waals surface area contributed by atoms with Crippen LogP contribution < -0.4 is 0 Å². The predicted molar refractivity (Wildman–Crippen MR) is 53.7 cm³/mol. The van der Waals surface area contributed by atoms with E-state index >= 15 is 0 Å². The molecule has 1 rings (SSSR count). The molecule has 0 aromatic carbocycles. The van der Waals surface area contributed by atoms with Gasteiger partial charge in [-0.15, -0.1) is 0 Å². The molecule has 1 N–H and O–H groups in total. The highest BCUT2D eigenvalue weighted by Gasteiger charge is 2.01. The van der Waals surface area contributed by atoms with Crippen molar-refractivity contribution < 1.29 is 5.11 Å². The van der Waals surface area contributed by atoms with E-state index in [1.165, 1.54) is 16.7 Å². The summed E-state index contributed by atoms with van der Waals surface area (Å²) in [6.07, 6.45) is 6.81. The van der Waals surface area contributed by atoms with Gasteiger partial charge in [0.25, 0.3) is 0 Å². The zero-order chi connectivity index (χ0) is 9.68. The number of aliphatic hydroxyl groups excluding tert-OH is 1. The summed E-state index contributed by atoms with van der Waals surface area (Å²) in [5.41, 5.74) is 3.92. The first-order valence-electron chi connectivity index (χ1n) is 4.76. The van der Waals surface area contributed by atoms with Gasteiger partial charge in [0, 0.05) is 19.0 Å². The van der Waals surface area contributed by atoms with Gasteiger partial charge in [0.2, 0.25) is 0 Å². The molecule has 0 radical (unpaired) electrons. The molecule has 0 atom stereocenters. The van der Waals surface area contributed by atoms with E-state index in [1.807, 2.05) is 12.4 Å². The van der Waals surface area contributed by atoms with Gasteiger partial charge in [-0.2, -0.15) is 0 Å². The molecule has 1 aromatic heterocycles. The van der Waals surface area contributed by atoms with Crippen molar-refractivity contribution in [3.63, 3.8) is 0 Å². The molecule has 0 aliphatic carbocycles. The lowest BCUT2D eigenvalue weighted by molar-refractivity contribution is 0.284. The molecule has 0 aliphatic heterocycles. The van der Waals surface area contributed by atoms with Crippen molar-refractivity contribution in [1.29, 1.82) is 0 Å². The number of rotatable bonds is 4. The van der Waals surface area contributed by atoms with Crippen LogP contribution in [0.25, 0.3) is 0 Å². The minimum absolute atomic E-state index is 0.295. The number of aromatic nitrogens is 1. The van der Waals surface area contributed by atoms with E-state index in [0.29, 0.717) is 6.61 Å². The Hall–Kier alpha value is -0.890. The van der Waals surface area contributed by atoms with Gasteiger partial charge in [-0.1, -0.05) is 0 Å². The predicted octanol–water partition coefficient (Wildman–Crippen LogP) is 2.01. The molecule has 0 saturated carbocycles. The number of aryl methyl sites for hydroxylation is 2. The molecule has 0 spiro atoms. The molecule has 2 nitrogen and oxygen atoms in total. The Labute approximate surface area is 79.6 Å². The van der Waals surface area contributed by atoms with E-state index in [1.54, 1.807) is 0 Å². The first-order chi connectivity index (χ1) is 6.25. The highest BCUT2D eigenvalue weighted by molar-refractivity contribution is 5.29. The maximum absolute atomic E-state index is 8.67. The molecule has 1 heterocycles. The Morgan fingerprint density at radius 2 is 1.77 bits per heavy atom. The van der Waals surface area contributed by atoms with E-state index in [9.17, 15) is 0 Å². The second kappa shape index (κ2) is 4.97. The summed E-state index contributed by atoms with van der Waals surface area (Å²) in [6, 6.07) is 0. The Morgan fingerprint density at radius 1 is 1.15 bits per heavy atom. The number of hydrogen-bond acceptors (Lipinski definition) is 2. The van der Waals surface area contributed by atoms with Crippen LogP contribution in [0, 0.1) is 13.8 Å². The maximum Gasteiger partial charge on any atom is 0.0431 e. The molecule has 0 fully saturated rings. The summed E-state index contributed by atoms with van der Waals surface area (Å²) >= 11 is 0. The third kappa shape index (κ3) is 2.81. The van der Waals surface area contributed by atoms with E-state index in [4.69, 9.17) is 5.11 Å². The third-order valence-corrected chi connectivity index (χ3v) is 2.32. The van der Waals surface area contributed by atoms with Gasteiger partial charge in [0.1, 0.15) is 0 Å². The molecule has 0 aliphatic rings. The highest BCUT2D eigenvalue weighted by atomic mass is 16.2. The number of hydrogen-bond donors (Lipinski definition) is 1. The van der Waals surface area contributed by atoms with E-state index in [-0.39, 0.29) is 0 Å². The van der Waals surface area contributed by atoms with Crippen LogP contribution in [0.5, 0.6) is 0 Å². The normalized spacial score (nSPS) is 10.4. The maximum atomic E-state index is 8.67. The molecule has 0 unspecified atom stereocenters. The smallest absolute Gasteiger partial charge is 0.0431 e. The SMILES string of the molecule is Cc1cncc(C)c1CCCCO. The van der Waals surface area contributed by atoms with Crippen LogP contribution in [0.15, 0.2) is 12.4 Å². The van der Waals surface area contributed by atoms with Crippen molar-refractivity contribution in [3.8, 4) is 0 Å². The summed E-state index contributed by atoms with van der Waals surface area (Å²) < 4.78 is 0. The lowest BCUT2D eigenvalue weighted by Crippen LogP contribution is -1.96. The van der Waals surface area contributed by atoms with Gasteiger partial charge in [-0.25, -0.2) is 0 Å². The molecule has 1 aromatic rings. The average Bonchev–Trinajstić information content (AvgIpc) is 2.10. The Balaban J connectivity index is 2.64. The summed E-state index contributed by atoms with van der Waals surface area (Å²) in [4.78, 5) is 4.12. The zero-order valence-corrected chi connectivity index (χ0v) is 8.38. The van der Waals surface area contributed by atoms with Crippen LogP contribution in [0.4, 0.5) is 0 Å². The lowest BCUT2D eigenvalue weighted by atomic mass is 10.0. The van der Waals surface area contributed by atoms with E-state index < -0.39 is 0 Å². The van der Waals surface area contributed by atoms with Crippen LogP contribution >= 0.6 is 0 Å². The summed E-state index contributed by atoms with van der Waals surface area (Å²) in [6.45, 7) is 4.48. The number of aliphatic hydroxyl groups is 1. The van der Waals surface area contributed by atoms with Crippen molar-refractivity contribution in [2.75, 3.05) is 6.61 Å². The first-order valence-corrected chi connectivity index (χ1v) is 4.76. The van der Waals surface area contributed by atoms with Gasteiger partial charge in [0.15, 0.2) is 0 Å². The minimum Gasteiger partial charge on any atom is -0.396 e. The van der Waals surface area contributed by atoms with Crippen LogP contribution in [0.3, 0.4) is 0 Å². The molecule has 13 heavy (non-hydrogen) atoms. The van der Waals surface area contributed by atoms with Crippen molar-refractivity contribution in [2.45, 2.75) is 33.1 Å². The minimum atomic E-state index is 0.295. The van der Waals surface area contributed by atoms with Crippen molar-refractivity contribution in [2.24, 2.45) is 0 Å². The Morgan fingerprint density at radius 3 is 2.31 bits per heavy atom. The number of unbranched alkanes of at least 4 members (excludes halogenated alkanes) is 1. The highest BCUT2D eigenvalue weighted by Crippen LogP contribution is 2.14. The van der Waals surface area contributed by atoms with Crippen LogP contribution in [-0.2, 0) is 6.42 Å². The fourth-order valence-corrected chi connectivity index (χ4v) is 1.54. The monoisotopic (exact) mass is 179 g/mol. The van der Waals surface area contributed by atoms with Crippen molar-refractivity contribution >= 4 is 0 Å². The Kier molecular flexibility index (Phi) is 3.90. The van der Waals surface area contributed by atoms with Gasteiger partial charge >= 0.3 is 0 Å². The van der Waals surface area contributed by atoms with Crippen LogP contribution in [0.1, 0.15) is 29.5 Å². The standard InChI is InChI=1S/C11H17NO/c1-9-7-12-8-10(2)11(9)5-3-4-6-13/h7-8,13H,3-6H2,1-2H3. The van der Waals surface area contributed by atoms with E-state index in [2.05, 4.69) is 18.8 Å². The molecule has 72 valence electrons. The average molecular weight is 179 g/mol. The second-order valence-electron chi connectivity index (χ2n) is 3.43. The largest absolute Gasteiger partial charge is 0.396 e. The first kappa shape index (κ1) is 10.2. The fourth-order valence-electron chi connectivity index (χ4n) is 1.54. The molecule has 2 heteroatoms. The third-order valence-electron chi connectivity index (χ3n) is 2.32. The Bertz CT molecular complexity index is 251. The molecular formula is C11H17NO. The molecule has 0 amide bonds. The lowest BCUT2D eigenvalue weighted by Gasteiger charge is -2.07. The number of nitrogens with zero attached hydrogens (tertiary/aromatic N) is 1. The summed E-state index contributed by atoms with van der Waals surface area (Å²) in [5, 5.41) is 8.67. The van der Waals surface area contributed by atoms with Crippen LogP contribution in [0.2, 0.25) is 0 Å². The van der Waals surface area contributed by atoms with Gasteiger partial charge in [0.05, 0.1) is 0 Å². The second-order valence-corrected chi connectivity index (χ2v) is 3.43. The van der Waals surface area contributed by atoms with Crippen LogP contribution in [-0.4, -0.2) is 16.7 Å². The molecular weight excluding hydrogens is 162 g/mol. The van der Waals surface area contributed by atoms with Gasteiger partial charge < -0.3 is 5.11 Å². The molecule has 0 bridgehead atoms. The van der Waals surface area contributed by atoms with Gasteiger partial charge in [-0.3, -0.25) is 4.98 Å². The van der Waals surface area contributed by atoms with Crippen molar-refractivity contribution in [1.82, 2.24) is 4.98 Å². The zero-order valence-electron chi connectivity index (χ0n) is 8.38. The molecule has 0 saturated heterocycles. The number of pyridine rings is 1. The summed E-state index contributed by atoms with van der Waals surface area (Å²) in [5.74, 6) is 0. The van der Waals surface area contributed by atoms with Crippen molar-refractivity contribution in [3.05, 3.63) is 29.1 Å². The van der Waals surface area contributed by atoms with E-state index in [0.717, 1.165) is 19.3 Å². The van der Waals surface area contributed by atoms with Gasteiger partial charge in [-0.05, 0) is 49.8 Å².